The Morgan fingerprint density at radius 3 is 2.90 bits per heavy atom. The summed E-state index contributed by atoms with van der Waals surface area (Å²) >= 11 is 0. The molecule has 2 aromatic heterocycles. The van der Waals surface area contributed by atoms with Crippen molar-refractivity contribution in [2.45, 2.75) is 0 Å². The molecule has 0 unspecified atom stereocenters. The van der Waals surface area contributed by atoms with Crippen LogP contribution in [0.25, 0.3) is 6.08 Å². The number of nitrogens with one attached hydrogen (secondary N) is 1. The van der Waals surface area contributed by atoms with E-state index < -0.39 is 0 Å². The second kappa shape index (κ2) is 6.56. The van der Waals surface area contributed by atoms with Crippen molar-refractivity contribution in [3.05, 3.63) is 36.4 Å². The maximum atomic E-state index is 11.9. The highest BCUT2D eigenvalue weighted by atomic mass is 16.5. The molecule has 0 aliphatic heterocycles. The molecule has 0 saturated heterocycles. The van der Waals surface area contributed by atoms with E-state index in [1.807, 2.05) is 14.1 Å². The quantitative estimate of drug-likeness (QED) is 0.845. The lowest BCUT2D eigenvalue weighted by Crippen LogP contribution is -2.17. The summed E-state index contributed by atoms with van der Waals surface area (Å²) in [5.41, 5.74) is 0.495. The van der Waals surface area contributed by atoms with Gasteiger partial charge in [-0.1, -0.05) is 0 Å². The minimum Gasteiger partial charge on any atom is -0.467 e. The Bertz CT molecular complexity index is 636. The lowest BCUT2D eigenvalue weighted by atomic mass is 10.3. The van der Waals surface area contributed by atoms with E-state index >= 15 is 0 Å². The van der Waals surface area contributed by atoms with Crippen molar-refractivity contribution in [1.29, 1.82) is 0 Å². The second-order valence-corrected chi connectivity index (χ2v) is 4.33. The number of anilines is 2. The second-order valence-electron chi connectivity index (χ2n) is 4.33. The van der Waals surface area contributed by atoms with Gasteiger partial charge in [0, 0.05) is 20.2 Å². The predicted octanol–water partition coefficient (Wildman–Crippen LogP) is 1.80. The lowest BCUT2D eigenvalue weighted by molar-refractivity contribution is -0.111. The van der Waals surface area contributed by atoms with E-state index in [0.29, 0.717) is 17.3 Å². The zero-order valence-corrected chi connectivity index (χ0v) is 12.0. The van der Waals surface area contributed by atoms with Crippen LogP contribution in [0, 0.1) is 0 Å². The molecule has 21 heavy (non-hydrogen) atoms. The van der Waals surface area contributed by atoms with Gasteiger partial charge in [0.15, 0.2) is 5.82 Å². The van der Waals surface area contributed by atoms with Crippen molar-refractivity contribution < 1.29 is 13.9 Å². The summed E-state index contributed by atoms with van der Waals surface area (Å²) in [5.74, 6) is 0.855. The van der Waals surface area contributed by atoms with Crippen LogP contribution in [0.2, 0.25) is 0 Å². The molecule has 2 aromatic rings. The van der Waals surface area contributed by atoms with Crippen molar-refractivity contribution in [1.82, 2.24) is 9.97 Å². The van der Waals surface area contributed by atoms with Gasteiger partial charge < -0.3 is 19.4 Å². The Morgan fingerprint density at radius 2 is 2.29 bits per heavy atom. The number of rotatable bonds is 5. The van der Waals surface area contributed by atoms with Crippen LogP contribution in [-0.4, -0.2) is 37.1 Å². The fraction of sp³-hybridized carbons (Fsp3) is 0.214. The summed E-state index contributed by atoms with van der Waals surface area (Å²) in [7, 11) is 5.12. The molecule has 0 fully saturated rings. The topological polar surface area (TPSA) is 80.5 Å². The molecule has 0 spiro atoms. The summed E-state index contributed by atoms with van der Waals surface area (Å²) < 4.78 is 10.1. The van der Waals surface area contributed by atoms with Gasteiger partial charge in [-0.3, -0.25) is 4.79 Å². The first-order valence-electron chi connectivity index (χ1n) is 6.21. The average Bonchev–Trinajstić information content (AvgIpc) is 2.98. The van der Waals surface area contributed by atoms with Crippen LogP contribution >= 0.6 is 0 Å². The third-order valence-corrected chi connectivity index (χ3v) is 2.55. The average molecular weight is 288 g/mol. The van der Waals surface area contributed by atoms with Crippen LogP contribution in [0.3, 0.4) is 0 Å². The van der Waals surface area contributed by atoms with Gasteiger partial charge in [-0.05, 0) is 18.2 Å². The molecule has 0 bridgehead atoms. The molecule has 0 aliphatic rings. The molecular formula is C14H16N4O3. The van der Waals surface area contributed by atoms with Crippen molar-refractivity contribution in [2.75, 3.05) is 31.4 Å². The minimum absolute atomic E-state index is 0.239. The number of aromatic nitrogens is 2. The van der Waals surface area contributed by atoms with Gasteiger partial charge in [0.05, 0.1) is 19.6 Å². The van der Waals surface area contributed by atoms with Crippen LogP contribution < -0.4 is 15.0 Å². The molecule has 0 radical (unpaired) electrons. The van der Waals surface area contributed by atoms with Gasteiger partial charge in [-0.2, -0.15) is 4.98 Å². The number of ether oxygens (including phenoxy) is 1. The largest absolute Gasteiger partial charge is 0.467 e. The molecule has 7 heteroatoms. The molecule has 0 aromatic carbocycles. The number of methoxy groups -OCH3 is 1. The molecule has 110 valence electrons. The highest BCUT2D eigenvalue weighted by Gasteiger charge is 2.11. The predicted molar refractivity (Wildman–Crippen MR) is 79.3 cm³/mol. The van der Waals surface area contributed by atoms with E-state index in [0.717, 1.165) is 0 Å². The molecule has 2 rings (SSSR count). The zero-order chi connectivity index (χ0) is 15.2. The third kappa shape index (κ3) is 3.82. The number of carbonyl (C=O) groups excluding carboxylic acids is 1. The van der Waals surface area contributed by atoms with Gasteiger partial charge in [0.2, 0.25) is 5.91 Å². The Balaban J connectivity index is 2.13. The fourth-order valence-corrected chi connectivity index (χ4v) is 1.60. The number of furan rings is 1. The van der Waals surface area contributed by atoms with Crippen LogP contribution in [0.4, 0.5) is 11.5 Å². The van der Waals surface area contributed by atoms with E-state index in [-0.39, 0.29) is 11.9 Å². The first-order chi connectivity index (χ1) is 10.1. The zero-order valence-electron chi connectivity index (χ0n) is 12.0. The van der Waals surface area contributed by atoms with Crippen molar-refractivity contribution in [2.24, 2.45) is 0 Å². The Labute approximate surface area is 122 Å². The highest BCUT2D eigenvalue weighted by molar-refractivity contribution is 6.03. The van der Waals surface area contributed by atoms with Crippen molar-refractivity contribution >= 4 is 23.5 Å². The van der Waals surface area contributed by atoms with Crippen molar-refractivity contribution in [3.8, 4) is 6.01 Å². The van der Waals surface area contributed by atoms with Gasteiger partial charge >= 0.3 is 6.01 Å². The summed E-state index contributed by atoms with van der Waals surface area (Å²) in [6.45, 7) is 0. The molecule has 1 N–H and O–H groups in total. The third-order valence-electron chi connectivity index (χ3n) is 2.55. The number of hydrogen-bond donors (Lipinski definition) is 1. The van der Waals surface area contributed by atoms with E-state index in [1.54, 1.807) is 29.4 Å². The maximum Gasteiger partial charge on any atom is 0.318 e. The Hall–Kier alpha value is -2.83. The van der Waals surface area contributed by atoms with Crippen LogP contribution in [0.15, 0.2) is 35.1 Å². The Morgan fingerprint density at radius 1 is 1.48 bits per heavy atom. The molecule has 0 aliphatic carbocycles. The summed E-state index contributed by atoms with van der Waals surface area (Å²) in [6.07, 6.45) is 6.00. The van der Waals surface area contributed by atoms with Gasteiger partial charge in [-0.15, -0.1) is 0 Å². The monoisotopic (exact) mass is 288 g/mol. The summed E-state index contributed by atoms with van der Waals surface area (Å²) in [5, 5.41) is 2.72. The van der Waals surface area contributed by atoms with Crippen molar-refractivity contribution in [3.63, 3.8) is 0 Å². The van der Waals surface area contributed by atoms with Crippen LogP contribution in [-0.2, 0) is 4.79 Å². The first-order valence-corrected chi connectivity index (χ1v) is 6.21. The fourth-order valence-electron chi connectivity index (χ4n) is 1.60. The molecule has 0 atom stereocenters. The van der Waals surface area contributed by atoms with E-state index in [4.69, 9.17) is 9.15 Å². The summed E-state index contributed by atoms with van der Waals surface area (Å²) in [6, 6.07) is 3.74. The van der Waals surface area contributed by atoms with E-state index in [9.17, 15) is 4.79 Å². The van der Waals surface area contributed by atoms with E-state index in [2.05, 4.69) is 15.3 Å². The smallest absolute Gasteiger partial charge is 0.318 e. The number of carbonyl (C=O) groups is 1. The molecule has 0 saturated carbocycles. The molecular weight excluding hydrogens is 272 g/mol. The summed E-state index contributed by atoms with van der Waals surface area (Å²) in [4.78, 5) is 21.8. The normalized spacial score (nSPS) is 10.6. The molecule has 1 amide bonds. The van der Waals surface area contributed by atoms with E-state index in [1.165, 1.54) is 19.4 Å². The van der Waals surface area contributed by atoms with Crippen LogP contribution in [0.5, 0.6) is 6.01 Å². The molecule has 2 heterocycles. The SMILES string of the molecule is COc1ncc(NC(=O)C=Cc2ccco2)c(N(C)C)n1. The molecule has 7 nitrogen and oxygen atoms in total. The maximum absolute atomic E-state index is 11.9. The van der Waals surface area contributed by atoms with Gasteiger partial charge in [0.25, 0.3) is 0 Å². The first kappa shape index (κ1) is 14.6. The van der Waals surface area contributed by atoms with Gasteiger partial charge in [-0.25, -0.2) is 4.98 Å². The number of hydrogen-bond acceptors (Lipinski definition) is 6. The number of amides is 1. The van der Waals surface area contributed by atoms with Gasteiger partial charge in [0.1, 0.15) is 11.4 Å². The standard InChI is InChI=1S/C14H16N4O3/c1-18(2)13-11(9-15-14(17-13)20-3)16-12(19)7-6-10-5-4-8-21-10/h4-9H,1-3H3,(H,16,19). The van der Waals surface area contributed by atoms with Crippen LogP contribution in [0.1, 0.15) is 5.76 Å². The number of nitrogens with zero attached hydrogens (tertiary/aromatic N) is 3. The minimum atomic E-state index is -0.303. The Kier molecular flexibility index (Phi) is 4.55. The highest BCUT2D eigenvalue weighted by Crippen LogP contribution is 2.22. The lowest BCUT2D eigenvalue weighted by Gasteiger charge is -2.16.